The Morgan fingerprint density at radius 3 is 2.42 bits per heavy atom. The molecule has 0 spiro atoms. The van der Waals surface area contributed by atoms with E-state index in [4.69, 9.17) is 21.7 Å². The fourth-order valence-electron chi connectivity index (χ4n) is 2.30. The molecular formula is C20H24N2O3S. The monoisotopic (exact) mass is 372 g/mol. The van der Waals surface area contributed by atoms with Gasteiger partial charge in [0.15, 0.2) is 5.11 Å². The molecule has 2 rings (SSSR count). The Morgan fingerprint density at radius 2 is 1.77 bits per heavy atom. The lowest BCUT2D eigenvalue weighted by Crippen LogP contribution is -2.40. The van der Waals surface area contributed by atoms with Crippen molar-refractivity contribution < 1.29 is 14.3 Å². The first-order valence-electron chi connectivity index (χ1n) is 8.57. The van der Waals surface area contributed by atoms with Crippen LogP contribution in [0.25, 0.3) is 0 Å². The first kappa shape index (κ1) is 19.9. The number of benzene rings is 2. The number of thiocarbonyl (C=S) groups is 1. The second-order valence-electron chi connectivity index (χ2n) is 5.63. The Morgan fingerprint density at radius 1 is 1.08 bits per heavy atom. The zero-order valence-corrected chi connectivity index (χ0v) is 15.8. The number of hydrogen-bond donors (Lipinski definition) is 2. The van der Waals surface area contributed by atoms with Gasteiger partial charge in [-0.1, -0.05) is 30.3 Å². The van der Waals surface area contributed by atoms with Crippen molar-refractivity contribution in [3.05, 3.63) is 65.7 Å². The van der Waals surface area contributed by atoms with E-state index in [1.165, 1.54) is 0 Å². The van der Waals surface area contributed by atoms with E-state index >= 15 is 0 Å². The molecule has 0 fully saturated rings. The van der Waals surface area contributed by atoms with Crippen LogP contribution >= 0.6 is 12.2 Å². The lowest BCUT2D eigenvalue weighted by Gasteiger charge is -2.16. The summed E-state index contributed by atoms with van der Waals surface area (Å²) in [4.78, 5) is 12.3. The van der Waals surface area contributed by atoms with Gasteiger partial charge in [-0.25, -0.2) is 0 Å². The van der Waals surface area contributed by atoms with Gasteiger partial charge in [0.05, 0.1) is 12.6 Å². The normalized spacial score (nSPS) is 11.5. The average Bonchev–Trinajstić information content (AvgIpc) is 2.66. The van der Waals surface area contributed by atoms with Gasteiger partial charge >= 0.3 is 0 Å². The van der Waals surface area contributed by atoms with Crippen LogP contribution in [0.5, 0.6) is 5.75 Å². The SMILES string of the molecule is CCOCCOc1ccc(C(=O)NC(=S)NC(C)c2ccccc2)cc1. The Labute approximate surface area is 159 Å². The summed E-state index contributed by atoms with van der Waals surface area (Å²) in [7, 11) is 0. The van der Waals surface area contributed by atoms with Crippen molar-refractivity contribution in [1.82, 2.24) is 10.6 Å². The predicted molar refractivity (Wildman–Crippen MR) is 106 cm³/mol. The molecule has 0 aliphatic rings. The van der Waals surface area contributed by atoms with Crippen molar-refractivity contribution in [3.8, 4) is 5.75 Å². The maximum atomic E-state index is 12.3. The van der Waals surface area contributed by atoms with Gasteiger partial charge in [-0.15, -0.1) is 0 Å². The number of carbonyl (C=O) groups excluding carboxylic acids is 1. The number of rotatable bonds is 8. The Bertz CT molecular complexity index is 705. The number of amides is 1. The molecular weight excluding hydrogens is 348 g/mol. The van der Waals surface area contributed by atoms with Gasteiger partial charge in [-0.05, 0) is 55.9 Å². The van der Waals surface area contributed by atoms with Crippen LogP contribution in [0.2, 0.25) is 0 Å². The predicted octanol–water partition coefficient (Wildman–Crippen LogP) is 3.47. The van der Waals surface area contributed by atoms with E-state index in [2.05, 4.69) is 10.6 Å². The van der Waals surface area contributed by atoms with Crippen LogP contribution in [0, 0.1) is 0 Å². The van der Waals surface area contributed by atoms with Gasteiger partial charge in [0.2, 0.25) is 0 Å². The van der Waals surface area contributed by atoms with Crippen LogP contribution < -0.4 is 15.4 Å². The summed E-state index contributed by atoms with van der Waals surface area (Å²) in [5.74, 6) is 0.434. The number of nitrogens with one attached hydrogen (secondary N) is 2. The molecule has 0 aliphatic carbocycles. The van der Waals surface area contributed by atoms with Gasteiger partial charge in [0, 0.05) is 12.2 Å². The molecule has 2 aromatic carbocycles. The molecule has 2 N–H and O–H groups in total. The minimum atomic E-state index is -0.261. The Hall–Kier alpha value is -2.44. The molecule has 1 atom stereocenters. The first-order valence-corrected chi connectivity index (χ1v) is 8.98. The van der Waals surface area contributed by atoms with Crippen LogP contribution in [0.1, 0.15) is 35.8 Å². The average molecular weight is 372 g/mol. The molecule has 1 amide bonds. The third-order valence-corrected chi connectivity index (χ3v) is 3.91. The summed E-state index contributed by atoms with van der Waals surface area (Å²) < 4.78 is 10.7. The van der Waals surface area contributed by atoms with Crippen molar-refractivity contribution in [2.24, 2.45) is 0 Å². The van der Waals surface area contributed by atoms with E-state index in [-0.39, 0.29) is 11.9 Å². The van der Waals surface area contributed by atoms with Crippen LogP contribution in [-0.2, 0) is 4.74 Å². The summed E-state index contributed by atoms with van der Waals surface area (Å²) in [6.45, 7) is 5.61. The lowest BCUT2D eigenvalue weighted by atomic mass is 10.1. The smallest absolute Gasteiger partial charge is 0.257 e. The van der Waals surface area contributed by atoms with E-state index in [1.807, 2.05) is 44.2 Å². The van der Waals surface area contributed by atoms with Crippen molar-refractivity contribution in [2.75, 3.05) is 19.8 Å². The molecule has 0 saturated heterocycles. The van der Waals surface area contributed by atoms with Gasteiger partial charge in [-0.3, -0.25) is 10.1 Å². The number of hydrogen-bond acceptors (Lipinski definition) is 4. The minimum Gasteiger partial charge on any atom is -0.491 e. The van der Waals surface area contributed by atoms with E-state index in [0.29, 0.717) is 36.2 Å². The lowest BCUT2D eigenvalue weighted by molar-refractivity contribution is 0.0976. The van der Waals surface area contributed by atoms with Gasteiger partial charge < -0.3 is 14.8 Å². The van der Waals surface area contributed by atoms with Crippen molar-refractivity contribution >= 4 is 23.2 Å². The summed E-state index contributed by atoms with van der Waals surface area (Å²) in [5, 5.41) is 6.10. The molecule has 0 bridgehead atoms. The van der Waals surface area contributed by atoms with Gasteiger partial charge in [0.1, 0.15) is 12.4 Å². The molecule has 1 unspecified atom stereocenters. The summed E-state index contributed by atoms with van der Waals surface area (Å²) in [6, 6.07) is 16.8. The quantitative estimate of drug-likeness (QED) is 0.549. The highest BCUT2D eigenvalue weighted by molar-refractivity contribution is 7.80. The summed E-state index contributed by atoms with van der Waals surface area (Å²) >= 11 is 5.23. The van der Waals surface area contributed by atoms with Crippen LogP contribution in [-0.4, -0.2) is 30.8 Å². The van der Waals surface area contributed by atoms with Crippen LogP contribution in [0.4, 0.5) is 0 Å². The fourth-order valence-corrected chi connectivity index (χ4v) is 2.57. The highest BCUT2D eigenvalue weighted by Crippen LogP contribution is 2.13. The molecule has 138 valence electrons. The van der Waals surface area contributed by atoms with Gasteiger partial charge in [0.25, 0.3) is 5.91 Å². The maximum Gasteiger partial charge on any atom is 0.257 e. The molecule has 0 aliphatic heterocycles. The van der Waals surface area contributed by atoms with E-state index in [1.54, 1.807) is 24.3 Å². The van der Waals surface area contributed by atoms with E-state index < -0.39 is 0 Å². The zero-order valence-electron chi connectivity index (χ0n) is 15.0. The molecule has 26 heavy (non-hydrogen) atoms. The molecule has 0 heterocycles. The Kier molecular flexibility index (Phi) is 8.05. The molecule has 0 radical (unpaired) electrons. The second-order valence-corrected chi connectivity index (χ2v) is 6.04. The summed E-state index contributed by atoms with van der Waals surface area (Å²) in [6.07, 6.45) is 0. The fraction of sp³-hybridized carbons (Fsp3) is 0.300. The minimum absolute atomic E-state index is 0.00474. The van der Waals surface area contributed by atoms with Crippen molar-refractivity contribution in [1.29, 1.82) is 0 Å². The van der Waals surface area contributed by atoms with E-state index in [9.17, 15) is 4.79 Å². The molecule has 5 nitrogen and oxygen atoms in total. The maximum absolute atomic E-state index is 12.3. The van der Waals surface area contributed by atoms with Crippen molar-refractivity contribution in [3.63, 3.8) is 0 Å². The third-order valence-electron chi connectivity index (χ3n) is 3.69. The summed E-state index contributed by atoms with van der Waals surface area (Å²) in [5.41, 5.74) is 1.61. The largest absolute Gasteiger partial charge is 0.491 e. The first-order chi connectivity index (χ1) is 12.6. The highest BCUT2D eigenvalue weighted by atomic mass is 32.1. The van der Waals surface area contributed by atoms with Crippen LogP contribution in [0.15, 0.2) is 54.6 Å². The topological polar surface area (TPSA) is 59.6 Å². The molecule has 6 heteroatoms. The second kappa shape index (κ2) is 10.5. The van der Waals surface area contributed by atoms with Gasteiger partial charge in [-0.2, -0.15) is 0 Å². The standard InChI is InChI=1S/C20H24N2O3S/c1-3-24-13-14-25-18-11-9-17(10-12-18)19(23)22-20(26)21-15(2)16-7-5-4-6-8-16/h4-12,15H,3,13-14H2,1-2H3,(H2,21,22,23,26). The molecule has 2 aromatic rings. The van der Waals surface area contributed by atoms with Crippen molar-refractivity contribution in [2.45, 2.75) is 19.9 Å². The zero-order chi connectivity index (χ0) is 18.8. The highest BCUT2D eigenvalue weighted by Gasteiger charge is 2.11. The van der Waals surface area contributed by atoms with Crippen LogP contribution in [0.3, 0.4) is 0 Å². The molecule has 0 saturated carbocycles. The molecule has 0 aromatic heterocycles. The third kappa shape index (κ3) is 6.46. The Balaban J connectivity index is 1.82. The van der Waals surface area contributed by atoms with E-state index in [0.717, 1.165) is 5.56 Å². The number of ether oxygens (including phenoxy) is 2. The number of carbonyl (C=O) groups is 1.